The van der Waals surface area contributed by atoms with E-state index in [1.165, 1.54) is 44.5 Å². The van der Waals surface area contributed by atoms with E-state index in [-0.39, 0.29) is 0 Å². The maximum atomic E-state index is 5.14. The number of anilines is 6. The minimum Gasteiger partial charge on any atom is -0.311 e. The molecule has 4 heteroatoms. The van der Waals surface area contributed by atoms with Crippen molar-refractivity contribution in [2.24, 2.45) is 0 Å². The van der Waals surface area contributed by atoms with Crippen molar-refractivity contribution in [1.29, 1.82) is 0 Å². The van der Waals surface area contributed by atoms with Crippen LogP contribution < -0.4 is 9.80 Å². The smallest absolute Gasteiger partial charge is 0.0686 e. The van der Waals surface area contributed by atoms with E-state index in [0.717, 1.165) is 56.6 Å². The maximum Gasteiger partial charge on any atom is 0.0686 e. The number of rotatable bonds is 14. The van der Waals surface area contributed by atoms with Gasteiger partial charge < -0.3 is 9.80 Å². The number of aromatic nitrogens is 2. The lowest BCUT2D eigenvalue weighted by molar-refractivity contribution is 0.584. The van der Waals surface area contributed by atoms with Crippen LogP contribution in [-0.4, -0.2) is 9.97 Å². The largest absolute Gasteiger partial charge is 0.311 e. The SMILES string of the molecule is CC(C)(c1cccc(-c2cccc(-c3ccc(N(c4ccccc4)c4ccccc4)cc3)c2)c1)c1cnc(C(C)(C)c2cccc(-c3cccc(-c4ccc(N(c5ccccc5)c5ccccc5)cc4)c3)c2)cn1. The summed E-state index contributed by atoms with van der Waals surface area (Å²) in [5, 5.41) is 0. The van der Waals surface area contributed by atoms with Gasteiger partial charge in [0.1, 0.15) is 0 Å². The minimum atomic E-state index is -0.392. The Morgan fingerprint density at radius 3 is 0.797 bits per heavy atom. The van der Waals surface area contributed by atoms with Gasteiger partial charge >= 0.3 is 0 Å². The summed E-state index contributed by atoms with van der Waals surface area (Å²) < 4.78 is 0. The van der Waals surface area contributed by atoms with Crippen LogP contribution in [-0.2, 0) is 10.8 Å². The summed E-state index contributed by atoms with van der Waals surface area (Å²) in [6.07, 6.45) is 3.95. The van der Waals surface area contributed by atoms with Gasteiger partial charge in [-0.3, -0.25) is 9.97 Å². The number of para-hydroxylation sites is 4. The number of hydrogen-bond donors (Lipinski definition) is 0. The molecule has 0 bridgehead atoms. The van der Waals surface area contributed by atoms with Crippen LogP contribution in [0, 0.1) is 0 Å². The van der Waals surface area contributed by atoms with Crippen LogP contribution in [0.25, 0.3) is 44.5 Å². The predicted octanol–water partition coefficient (Wildman–Crippen LogP) is 18.7. The Kier molecular flexibility index (Phi) is 13.1. The van der Waals surface area contributed by atoms with Crippen LogP contribution in [0.4, 0.5) is 34.1 Å². The quantitative estimate of drug-likeness (QED) is 0.109. The molecule has 0 amide bonds. The van der Waals surface area contributed by atoms with Crippen LogP contribution >= 0.6 is 0 Å². The van der Waals surface area contributed by atoms with Gasteiger partial charge in [0, 0.05) is 57.3 Å². The molecule has 74 heavy (non-hydrogen) atoms. The Balaban J connectivity index is 0.797. The zero-order chi connectivity index (χ0) is 50.5. The second kappa shape index (κ2) is 20.5. The van der Waals surface area contributed by atoms with E-state index >= 15 is 0 Å². The first-order valence-corrected chi connectivity index (χ1v) is 25.5. The Labute approximate surface area is 436 Å². The third-order valence-electron chi connectivity index (χ3n) is 14.5. The van der Waals surface area contributed by atoms with Crippen molar-refractivity contribution in [3.8, 4) is 44.5 Å². The van der Waals surface area contributed by atoms with Gasteiger partial charge in [-0.1, -0.05) is 210 Å². The van der Waals surface area contributed by atoms with Gasteiger partial charge in [-0.25, -0.2) is 0 Å². The Bertz CT molecular complexity index is 3310. The van der Waals surface area contributed by atoms with Gasteiger partial charge in [-0.2, -0.15) is 0 Å². The van der Waals surface area contributed by atoms with E-state index in [4.69, 9.17) is 9.97 Å². The molecular formula is C70H58N4. The number of benzene rings is 10. The molecule has 0 N–H and O–H groups in total. The van der Waals surface area contributed by atoms with E-state index in [9.17, 15) is 0 Å². The third-order valence-corrected chi connectivity index (χ3v) is 14.5. The molecule has 0 saturated heterocycles. The van der Waals surface area contributed by atoms with E-state index in [0.29, 0.717) is 0 Å². The summed E-state index contributed by atoms with van der Waals surface area (Å²) in [6, 6.07) is 95.3. The fourth-order valence-corrected chi connectivity index (χ4v) is 10.0. The molecule has 0 radical (unpaired) electrons. The summed E-state index contributed by atoms with van der Waals surface area (Å²) in [5.74, 6) is 0. The van der Waals surface area contributed by atoms with Crippen LogP contribution in [0.2, 0.25) is 0 Å². The average Bonchev–Trinajstić information content (AvgIpc) is 3.47. The second-order valence-electron chi connectivity index (χ2n) is 20.0. The molecule has 0 aliphatic carbocycles. The maximum absolute atomic E-state index is 5.14. The standard InChI is InChI=1S/C70H58N4/c1-69(2,59-27-19-25-57(47-59)55-23-17-21-53(45-55)51-37-41-65(42-38-51)73(61-29-9-5-10-30-61)62-31-11-6-12-32-62)67-49-72-68(50-71-67)70(3,4)60-28-20-26-58(48-60)56-24-18-22-54(46-56)52-39-43-66(44-40-52)74(63-33-13-7-14-34-63)64-35-15-8-16-36-64/h5-50H,1-4H3. The van der Waals surface area contributed by atoms with Crippen molar-refractivity contribution >= 4 is 34.1 Å². The summed E-state index contributed by atoms with van der Waals surface area (Å²) in [6.45, 7) is 8.96. The molecule has 0 saturated carbocycles. The minimum absolute atomic E-state index is 0.392. The third kappa shape index (κ3) is 9.78. The molecule has 4 nitrogen and oxygen atoms in total. The van der Waals surface area contributed by atoms with Crippen LogP contribution in [0.5, 0.6) is 0 Å². The molecule has 0 aliphatic rings. The molecule has 0 unspecified atom stereocenters. The first kappa shape index (κ1) is 47.2. The topological polar surface area (TPSA) is 32.3 Å². The van der Waals surface area contributed by atoms with E-state index < -0.39 is 10.8 Å². The molecular weight excluding hydrogens is 897 g/mol. The summed E-state index contributed by atoms with van der Waals surface area (Å²) in [4.78, 5) is 14.9. The predicted molar refractivity (Wildman–Crippen MR) is 310 cm³/mol. The van der Waals surface area contributed by atoms with Crippen molar-refractivity contribution in [3.05, 3.63) is 302 Å². The van der Waals surface area contributed by atoms with Gasteiger partial charge in [0.15, 0.2) is 0 Å². The molecule has 0 spiro atoms. The van der Waals surface area contributed by atoms with Crippen molar-refractivity contribution < 1.29 is 0 Å². The van der Waals surface area contributed by atoms with Gasteiger partial charge in [0.25, 0.3) is 0 Å². The van der Waals surface area contributed by atoms with Crippen molar-refractivity contribution in [3.63, 3.8) is 0 Å². The fourth-order valence-electron chi connectivity index (χ4n) is 10.0. The molecule has 11 rings (SSSR count). The first-order chi connectivity index (χ1) is 36.2. The molecule has 11 aromatic rings. The molecule has 0 aliphatic heterocycles. The Hall–Kier alpha value is -9.12. The van der Waals surface area contributed by atoms with Gasteiger partial charge in [0.05, 0.1) is 11.4 Å². The zero-order valence-corrected chi connectivity index (χ0v) is 42.3. The number of nitrogens with zero attached hydrogens (tertiary/aromatic N) is 4. The van der Waals surface area contributed by atoms with E-state index in [1.807, 2.05) is 12.4 Å². The van der Waals surface area contributed by atoms with E-state index in [1.54, 1.807) is 0 Å². The summed E-state index contributed by atoms with van der Waals surface area (Å²) >= 11 is 0. The molecule has 1 heterocycles. The number of hydrogen-bond acceptors (Lipinski definition) is 4. The van der Waals surface area contributed by atoms with Gasteiger partial charge in [-0.15, -0.1) is 0 Å². The van der Waals surface area contributed by atoms with Crippen molar-refractivity contribution in [2.75, 3.05) is 9.80 Å². The highest BCUT2D eigenvalue weighted by Gasteiger charge is 2.29. The Morgan fingerprint density at radius 1 is 0.243 bits per heavy atom. The molecule has 1 aromatic heterocycles. The van der Waals surface area contributed by atoms with Crippen molar-refractivity contribution in [2.45, 2.75) is 38.5 Å². The molecule has 0 fully saturated rings. The normalized spacial score (nSPS) is 11.5. The highest BCUT2D eigenvalue weighted by atomic mass is 15.1. The van der Waals surface area contributed by atoms with E-state index in [2.05, 4.69) is 304 Å². The first-order valence-electron chi connectivity index (χ1n) is 25.5. The summed E-state index contributed by atoms with van der Waals surface area (Å²) in [7, 11) is 0. The highest BCUT2D eigenvalue weighted by molar-refractivity contribution is 5.81. The average molecular weight is 955 g/mol. The van der Waals surface area contributed by atoms with Crippen LogP contribution in [0.1, 0.15) is 50.2 Å². The van der Waals surface area contributed by atoms with Crippen LogP contribution in [0.15, 0.2) is 279 Å². The van der Waals surface area contributed by atoms with Crippen LogP contribution in [0.3, 0.4) is 0 Å². The lowest BCUT2D eigenvalue weighted by atomic mass is 9.79. The second-order valence-corrected chi connectivity index (χ2v) is 20.0. The molecule has 0 atom stereocenters. The summed E-state index contributed by atoms with van der Waals surface area (Å²) in [5.41, 5.74) is 19.5. The Morgan fingerprint density at radius 2 is 0.500 bits per heavy atom. The molecule has 10 aromatic carbocycles. The highest BCUT2D eigenvalue weighted by Crippen LogP contribution is 2.40. The lowest BCUT2D eigenvalue weighted by Gasteiger charge is -2.28. The van der Waals surface area contributed by atoms with Crippen molar-refractivity contribution in [1.82, 2.24) is 9.97 Å². The monoisotopic (exact) mass is 954 g/mol. The lowest BCUT2D eigenvalue weighted by Crippen LogP contribution is -2.24. The molecule has 358 valence electrons. The zero-order valence-electron chi connectivity index (χ0n) is 42.3. The fraction of sp³-hybridized carbons (Fsp3) is 0.0857. The van der Waals surface area contributed by atoms with Gasteiger partial charge in [0.2, 0.25) is 0 Å². The van der Waals surface area contributed by atoms with Gasteiger partial charge in [-0.05, 0) is 141 Å².